The predicted molar refractivity (Wildman–Crippen MR) is 52.1 cm³/mol. The van der Waals surface area contributed by atoms with Crippen molar-refractivity contribution >= 4 is 16.2 Å². The quantitative estimate of drug-likeness (QED) is 0.667. The van der Waals surface area contributed by atoms with Gasteiger partial charge in [-0.1, -0.05) is 0 Å². The molecule has 84 valence electrons. The Morgan fingerprint density at radius 2 is 1.79 bits per heavy atom. The second-order valence-corrected chi connectivity index (χ2v) is 5.05. The Hall–Kier alpha value is -0.660. The Morgan fingerprint density at radius 3 is 2.07 bits per heavy atom. The van der Waals surface area contributed by atoms with E-state index in [2.05, 4.69) is 0 Å². The van der Waals surface area contributed by atoms with Crippen molar-refractivity contribution in [3.8, 4) is 0 Å². The summed E-state index contributed by atoms with van der Waals surface area (Å²) in [5.74, 6) is -1.20. The van der Waals surface area contributed by atoms with E-state index in [1.807, 2.05) is 4.72 Å². The molecule has 0 aliphatic heterocycles. The summed E-state index contributed by atoms with van der Waals surface area (Å²) in [7, 11) is -2.31. The smallest absolute Gasteiger partial charge is 0.321 e. The van der Waals surface area contributed by atoms with Gasteiger partial charge in [0.25, 0.3) is 10.2 Å². The van der Waals surface area contributed by atoms with Crippen molar-refractivity contribution in [1.29, 1.82) is 0 Å². The number of hydrogen-bond donors (Lipinski definition) is 2. The van der Waals surface area contributed by atoms with Crippen LogP contribution >= 0.6 is 0 Å². The Bertz CT molecular complexity index is 299. The summed E-state index contributed by atoms with van der Waals surface area (Å²) in [5.41, 5.74) is 0. The van der Waals surface area contributed by atoms with Gasteiger partial charge in [-0.25, -0.2) is 0 Å². The largest absolute Gasteiger partial charge is 0.480 e. The van der Waals surface area contributed by atoms with Crippen LogP contribution in [0.3, 0.4) is 0 Å². The summed E-state index contributed by atoms with van der Waals surface area (Å²) in [6, 6.07) is -1.34. The second kappa shape index (κ2) is 4.72. The topological polar surface area (TPSA) is 86.7 Å². The number of rotatable bonds is 5. The molecule has 0 saturated carbocycles. The Kier molecular flexibility index (Phi) is 4.50. The van der Waals surface area contributed by atoms with Crippen LogP contribution < -0.4 is 4.72 Å². The van der Waals surface area contributed by atoms with Crippen molar-refractivity contribution in [2.75, 3.05) is 7.05 Å². The number of carbonyl (C=O) groups is 1. The van der Waals surface area contributed by atoms with E-state index in [1.54, 1.807) is 13.8 Å². The van der Waals surface area contributed by atoms with Crippen LogP contribution in [-0.4, -0.2) is 42.9 Å². The molecule has 0 aromatic carbocycles. The minimum atomic E-state index is -3.70. The van der Waals surface area contributed by atoms with E-state index in [1.165, 1.54) is 14.0 Å². The normalized spacial score (nSPS) is 14.7. The van der Waals surface area contributed by atoms with Crippen molar-refractivity contribution in [3.63, 3.8) is 0 Å². The maximum atomic E-state index is 11.4. The number of nitrogens with one attached hydrogen (secondary N) is 1. The van der Waals surface area contributed by atoms with Gasteiger partial charge in [0.2, 0.25) is 0 Å². The number of nitrogens with zero attached hydrogens (tertiary/aromatic N) is 1. The van der Waals surface area contributed by atoms with Crippen LogP contribution in [0.25, 0.3) is 0 Å². The molecule has 0 spiro atoms. The molecule has 6 nitrogen and oxygen atoms in total. The van der Waals surface area contributed by atoms with Gasteiger partial charge in [0.1, 0.15) is 6.04 Å². The molecule has 1 atom stereocenters. The van der Waals surface area contributed by atoms with Crippen molar-refractivity contribution < 1.29 is 18.3 Å². The second-order valence-electron chi connectivity index (χ2n) is 3.29. The highest BCUT2D eigenvalue weighted by Crippen LogP contribution is 2.01. The highest BCUT2D eigenvalue weighted by Gasteiger charge is 2.24. The van der Waals surface area contributed by atoms with Gasteiger partial charge in [0.05, 0.1) is 0 Å². The fraction of sp³-hybridized carbons (Fsp3) is 0.857. The van der Waals surface area contributed by atoms with Gasteiger partial charge in [-0.15, -0.1) is 0 Å². The molecule has 0 aromatic heterocycles. The summed E-state index contributed by atoms with van der Waals surface area (Å²) in [5, 5.41) is 8.52. The minimum absolute atomic E-state index is 0.214. The first-order valence-electron chi connectivity index (χ1n) is 4.16. The fourth-order valence-electron chi connectivity index (χ4n) is 0.634. The molecule has 0 bridgehead atoms. The van der Waals surface area contributed by atoms with Crippen molar-refractivity contribution in [2.24, 2.45) is 0 Å². The summed E-state index contributed by atoms with van der Waals surface area (Å²) >= 11 is 0. The zero-order chi connectivity index (χ0) is 11.5. The monoisotopic (exact) mass is 224 g/mol. The predicted octanol–water partition coefficient (Wildman–Crippen LogP) is -0.366. The molecule has 2 N–H and O–H groups in total. The summed E-state index contributed by atoms with van der Waals surface area (Å²) < 4.78 is 26.0. The molecule has 14 heavy (non-hydrogen) atoms. The fourth-order valence-corrected chi connectivity index (χ4v) is 1.90. The van der Waals surface area contributed by atoms with Crippen LogP contribution in [0.1, 0.15) is 20.8 Å². The number of carboxylic acid groups (broad SMARTS) is 1. The molecule has 0 saturated heterocycles. The molecular weight excluding hydrogens is 208 g/mol. The van der Waals surface area contributed by atoms with Gasteiger partial charge in [-0.05, 0) is 20.8 Å². The van der Waals surface area contributed by atoms with Crippen molar-refractivity contribution in [3.05, 3.63) is 0 Å². The molecular formula is C7H16N2O4S. The van der Waals surface area contributed by atoms with Crippen LogP contribution in [0.4, 0.5) is 0 Å². The lowest BCUT2D eigenvalue weighted by Gasteiger charge is -2.22. The summed E-state index contributed by atoms with van der Waals surface area (Å²) in [4.78, 5) is 10.4. The molecule has 0 amide bonds. The average Bonchev–Trinajstić information content (AvgIpc) is 2.01. The first-order valence-corrected chi connectivity index (χ1v) is 5.60. The van der Waals surface area contributed by atoms with E-state index in [9.17, 15) is 13.2 Å². The van der Waals surface area contributed by atoms with Gasteiger partial charge in [-0.3, -0.25) is 4.79 Å². The SMILES string of the molecule is CC(C)N(C)S(=O)(=O)N[C@@H](C)C(=O)O. The van der Waals surface area contributed by atoms with Gasteiger partial charge in [0.15, 0.2) is 0 Å². The van der Waals surface area contributed by atoms with E-state index in [0.29, 0.717) is 0 Å². The molecule has 7 heteroatoms. The summed E-state index contributed by atoms with van der Waals surface area (Å²) in [6.45, 7) is 4.67. The van der Waals surface area contributed by atoms with Crippen molar-refractivity contribution in [2.45, 2.75) is 32.9 Å². The molecule has 0 heterocycles. The third kappa shape index (κ3) is 3.60. The van der Waals surface area contributed by atoms with Crippen LogP contribution in [-0.2, 0) is 15.0 Å². The van der Waals surface area contributed by atoms with Crippen LogP contribution in [0, 0.1) is 0 Å². The first-order chi connectivity index (χ1) is 6.18. The lowest BCUT2D eigenvalue weighted by Crippen LogP contribution is -2.47. The lowest BCUT2D eigenvalue weighted by atomic mass is 10.4. The molecule has 0 fully saturated rings. The van der Waals surface area contributed by atoms with Gasteiger partial charge < -0.3 is 5.11 Å². The summed E-state index contributed by atoms with van der Waals surface area (Å²) in [6.07, 6.45) is 0. The highest BCUT2D eigenvalue weighted by molar-refractivity contribution is 7.87. The zero-order valence-electron chi connectivity index (χ0n) is 8.68. The van der Waals surface area contributed by atoms with Crippen molar-refractivity contribution in [1.82, 2.24) is 9.03 Å². The Labute approximate surface area is 84.1 Å². The standard InChI is InChI=1S/C7H16N2O4S/c1-5(2)9(4)14(12,13)8-6(3)7(10)11/h5-6,8H,1-4H3,(H,10,11)/t6-/m0/s1. The maximum absolute atomic E-state index is 11.4. The average molecular weight is 224 g/mol. The maximum Gasteiger partial charge on any atom is 0.321 e. The third-order valence-corrected chi connectivity index (χ3v) is 3.63. The Morgan fingerprint density at radius 1 is 1.36 bits per heavy atom. The minimum Gasteiger partial charge on any atom is -0.480 e. The van der Waals surface area contributed by atoms with Gasteiger partial charge in [0, 0.05) is 13.1 Å². The zero-order valence-corrected chi connectivity index (χ0v) is 9.50. The van der Waals surface area contributed by atoms with E-state index >= 15 is 0 Å². The third-order valence-electron chi connectivity index (χ3n) is 1.80. The molecule has 0 rings (SSSR count). The lowest BCUT2D eigenvalue weighted by molar-refractivity contribution is -0.138. The van der Waals surface area contributed by atoms with Gasteiger partial charge in [-0.2, -0.15) is 17.4 Å². The molecule has 0 aromatic rings. The van der Waals surface area contributed by atoms with Gasteiger partial charge >= 0.3 is 5.97 Å². The van der Waals surface area contributed by atoms with E-state index in [-0.39, 0.29) is 6.04 Å². The first kappa shape index (κ1) is 13.3. The van der Waals surface area contributed by atoms with Crippen LogP contribution in [0.15, 0.2) is 0 Å². The molecule has 0 radical (unpaired) electrons. The van der Waals surface area contributed by atoms with Crippen LogP contribution in [0.2, 0.25) is 0 Å². The molecule has 0 aliphatic carbocycles. The van der Waals surface area contributed by atoms with Crippen LogP contribution in [0.5, 0.6) is 0 Å². The van der Waals surface area contributed by atoms with E-state index in [4.69, 9.17) is 5.11 Å². The highest BCUT2D eigenvalue weighted by atomic mass is 32.2. The number of aliphatic carboxylic acids is 1. The van der Waals surface area contributed by atoms with E-state index < -0.39 is 22.2 Å². The van der Waals surface area contributed by atoms with E-state index in [0.717, 1.165) is 4.31 Å². The Balaban J connectivity index is 4.58. The number of carboxylic acids is 1. The number of hydrogen-bond acceptors (Lipinski definition) is 3. The molecule has 0 aliphatic rings. The molecule has 0 unspecified atom stereocenters.